The number of hydrogen-bond acceptors (Lipinski definition) is 5. The number of likely N-dealkylation sites (N-methyl/N-ethyl adjacent to an activating group) is 1. The van der Waals surface area contributed by atoms with Gasteiger partial charge >= 0.3 is 0 Å². The fourth-order valence-electron chi connectivity index (χ4n) is 3.17. The van der Waals surface area contributed by atoms with E-state index >= 15 is 0 Å². The molecule has 0 amide bonds. The second-order valence-corrected chi connectivity index (χ2v) is 6.51. The summed E-state index contributed by atoms with van der Waals surface area (Å²) in [6, 6.07) is 15.1. The van der Waals surface area contributed by atoms with Crippen LogP contribution < -0.4 is 15.1 Å². The normalized spacial score (nSPS) is 15.5. The summed E-state index contributed by atoms with van der Waals surface area (Å²) < 4.78 is 0. The smallest absolute Gasteiger partial charge is 0.229 e. The maximum atomic E-state index is 9.65. The van der Waals surface area contributed by atoms with Crippen LogP contribution in [0.3, 0.4) is 0 Å². The maximum absolute atomic E-state index is 9.65. The zero-order valence-electron chi connectivity index (χ0n) is 14.2. The number of nitrogens with zero attached hydrogens (tertiary/aromatic N) is 3. The highest BCUT2D eigenvalue weighted by atomic mass is 16.3. The molecule has 1 saturated heterocycles. The monoisotopic (exact) mass is 336 g/mol. The average Bonchev–Trinajstić information content (AvgIpc) is 2.62. The summed E-state index contributed by atoms with van der Waals surface area (Å²) in [6.45, 7) is 4.18. The van der Waals surface area contributed by atoms with E-state index < -0.39 is 0 Å². The van der Waals surface area contributed by atoms with Gasteiger partial charge < -0.3 is 20.2 Å². The second kappa shape index (κ2) is 6.57. The van der Waals surface area contributed by atoms with Gasteiger partial charge in [0.25, 0.3) is 0 Å². The summed E-state index contributed by atoms with van der Waals surface area (Å²) in [4.78, 5) is 13.3. The lowest BCUT2D eigenvalue weighted by Gasteiger charge is -2.31. The molecular weight excluding hydrogens is 314 g/mol. The van der Waals surface area contributed by atoms with E-state index in [9.17, 15) is 5.11 Å². The van der Waals surface area contributed by atoms with Crippen molar-refractivity contribution < 1.29 is 10.0 Å². The van der Waals surface area contributed by atoms with Crippen molar-refractivity contribution in [3.63, 3.8) is 0 Å². The van der Waals surface area contributed by atoms with Crippen molar-refractivity contribution in [3.05, 3.63) is 48.5 Å². The molecule has 0 saturated carbocycles. The predicted octanol–water partition coefficient (Wildman–Crippen LogP) is 1.41. The Morgan fingerprint density at radius 2 is 1.84 bits per heavy atom. The van der Waals surface area contributed by atoms with Gasteiger partial charge in [-0.25, -0.2) is 4.98 Å². The Labute approximate surface area is 146 Å². The molecule has 0 radical (unpaired) electrons. The lowest BCUT2D eigenvalue weighted by molar-refractivity contribution is -0.880. The number of anilines is 3. The zero-order chi connectivity index (χ0) is 17.2. The third-order valence-electron chi connectivity index (χ3n) is 4.60. The number of hydrogen-bond donors (Lipinski definition) is 3. The molecule has 0 spiro atoms. The number of aromatic nitrogens is 2. The van der Waals surface area contributed by atoms with Gasteiger partial charge in [-0.15, -0.1) is 0 Å². The van der Waals surface area contributed by atoms with Crippen molar-refractivity contribution in [2.45, 2.75) is 0 Å². The molecule has 0 aliphatic carbocycles. The largest absolute Gasteiger partial charge is 0.508 e. The van der Waals surface area contributed by atoms with E-state index in [2.05, 4.69) is 28.3 Å². The van der Waals surface area contributed by atoms with Gasteiger partial charge in [-0.1, -0.05) is 18.2 Å². The van der Waals surface area contributed by atoms with Crippen LogP contribution in [-0.2, 0) is 0 Å². The fraction of sp³-hybridized carbons (Fsp3) is 0.263. The van der Waals surface area contributed by atoms with Crippen LogP contribution in [0.5, 0.6) is 5.75 Å². The quantitative estimate of drug-likeness (QED) is 0.675. The molecule has 0 atom stereocenters. The first kappa shape index (κ1) is 15.7. The highest BCUT2D eigenvalue weighted by Gasteiger charge is 2.21. The van der Waals surface area contributed by atoms with Gasteiger partial charge in [0.15, 0.2) is 0 Å². The number of quaternary nitrogens is 1. The molecule has 6 heteroatoms. The van der Waals surface area contributed by atoms with Crippen molar-refractivity contribution in [2.75, 3.05) is 43.4 Å². The Hall–Kier alpha value is -2.86. The van der Waals surface area contributed by atoms with E-state index in [1.807, 2.05) is 24.3 Å². The van der Waals surface area contributed by atoms with Crippen LogP contribution in [0.4, 0.5) is 17.5 Å². The van der Waals surface area contributed by atoms with E-state index in [1.165, 1.54) is 0 Å². The Balaban J connectivity index is 1.73. The van der Waals surface area contributed by atoms with E-state index in [4.69, 9.17) is 4.98 Å². The summed E-state index contributed by atoms with van der Waals surface area (Å²) in [7, 11) is 2.23. The van der Waals surface area contributed by atoms with Crippen molar-refractivity contribution in [1.29, 1.82) is 0 Å². The van der Waals surface area contributed by atoms with Gasteiger partial charge in [-0.05, 0) is 24.3 Å². The van der Waals surface area contributed by atoms with Gasteiger partial charge in [0.05, 0.1) is 38.7 Å². The summed E-state index contributed by atoms with van der Waals surface area (Å²) >= 11 is 0. The van der Waals surface area contributed by atoms with Crippen molar-refractivity contribution in [3.8, 4) is 5.75 Å². The molecule has 0 bridgehead atoms. The number of nitrogens with one attached hydrogen (secondary N) is 2. The lowest BCUT2D eigenvalue weighted by Crippen LogP contribution is -3.12. The zero-order valence-corrected chi connectivity index (χ0v) is 14.2. The molecule has 1 aromatic heterocycles. The van der Waals surface area contributed by atoms with Crippen molar-refractivity contribution >= 4 is 28.4 Å². The number of phenols is 1. The summed E-state index contributed by atoms with van der Waals surface area (Å²) in [6.07, 6.45) is 0. The molecule has 6 nitrogen and oxygen atoms in total. The van der Waals surface area contributed by atoms with Crippen LogP contribution in [0.25, 0.3) is 10.9 Å². The average molecular weight is 336 g/mol. The molecular formula is C19H22N5O+. The van der Waals surface area contributed by atoms with E-state index in [0.717, 1.165) is 48.6 Å². The Kier molecular flexibility index (Phi) is 4.11. The minimum atomic E-state index is 0.216. The number of phenolic OH excluding ortho intramolecular Hbond substituents is 1. The summed E-state index contributed by atoms with van der Waals surface area (Å²) in [5.74, 6) is 1.74. The van der Waals surface area contributed by atoms with Gasteiger partial charge in [0.1, 0.15) is 11.6 Å². The molecule has 3 N–H and O–H groups in total. The first-order chi connectivity index (χ1) is 12.2. The van der Waals surface area contributed by atoms with E-state index in [0.29, 0.717) is 5.95 Å². The third-order valence-corrected chi connectivity index (χ3v) is 4.60. The first-order valence-corrected chi connectivity index (χ1v) is 8.58. The molecule has 4 rings (SSSR count). The Bertz CT molecular complexity index is 890. The molecule has 0 unspecified atom stereocenters. The summed E-state index contributed by atoms with van der Waals surface area (Å²) in [5.41, 5.74) is 1.69. The molecule has 3 aromatic rings. The number of fused-ring (bicyclic) bond motifs is 1. The van der Waals surface area contributed by atoms with Gasteiger partial charge in [0, 0.05) is 17.1 Å². The topological polar surface area (TPSA) is 65.7 Å². The first-order valence-electron chi connectivity index (χ1n) is 8.58. The third kappa shape index (κ3) is 3.34. The highest BCUT2D eigenvalue weighted by molar-refractivity contribution is 5.90. The maximum Gasteiger partial charge on any atom is 0.229 e. The standard InChI is InChI=1S/C19H21N5O/c1-23-9-11-24(12-10-23)18-16-7-2-3-8-17(16)21-19(22-18)20-14-5-4-6-15(25)13-14/h2-8,13,25H,9-12H2,1H3,(H,20,21,22)/p+1. The highest BCUT2D eigenvalue weighted by Crippen LogP contribution is 2.27. The Morgan fingerprint density at radius 3 is 2.64 bits per heavy atom. The SMILES string of the molecule is C[NH+]1CCN(c2nc(Nc3cccc(O)c3)nc3ccccc23)CC1. The van der Waals surface area contributed by atoms with Crippen molar-refractivity contribution in [2.24, 2.45) is 0 Å². The van der Waals surface area contributed by atoms with E-state index in [1.54, 1.807) is 23.1 Å². The fourth-order valence-corrected chi connectivity index (χ4v) is 3.17. The molecule has 1 fully saturated rings. The van der Waals surface area contributed by atoms with Gasteiger partial charge in [0.2, 0.25) is 5.95 Å². The lowest BCUT2D eigenvalue weighted by atomic mass is 10.2. The minimum absolute atomic E-state index is 0.216. The number of aromatic hydroxyl groups is 1. The van der Waals surface area contributed by atoms with Crippen LogP contribution in [0.2, 0.25) is 0 Å². The van der Waals surface area contributed by atoms with Gasteiger partial charge in [-0.2, -0.15) is 4.98 Å². The Morgan fingerprint density at radius 1 is 1.04 bits per heavy atom. The molecule has 25 heavy (non-hydrogen) atoms. The van der Waals surface area contributed by atoms with Crippen LogP contribution in [0.15, 0.2) is 48.5 Å². The van der Waals surface area contributed by atoms with Crippen LogP contribution in [-0.4, -0.2) is 48.3 Å². The van der Waals surface area contributed by atoms with E-state index in [-0.39, 0.29) is 5.75 Å². The molecule has 1 aliphatic rings. The van der Waals surface area contributed by atoms with Crippen LogP contribution in [0.1, 0.15) is 0 Å². The second-order valence-electron chi connectivity index (χ2n) is 6.51. The number of para-hydroxylation sites is 1. The predicted molar refractivity (Wildman–Crippen MR) is 99.8 cm³/mol. The number of benzene rings is 2. The van der Waals surface area contributed by atoms with Crippen molar-refractivity contribution in [1.82, 2.24) is 9.97 Å². The molecule has 2 aromatic carbocycles. The molecule has 1 aliphatic heterocycles. The molecule has 2 heterocycles. The van der Waals surface area contributed by atoms with Crippen LogP contribution in [0, 0.1) is 0 Å². The van der Waals surface area contributed by atoms with Crippen LogP contribution >= 0.6 is 0 Å². The van der Waals surface area contributed by atoms with Gasteiger partial charge in [-0.3, -0.25) is 0 Å². The minimum Gasteiger partial charge on any atom is -0.508 e. The number of piperazine rings is 1. The summed E-state index contributed by atoms with van der Waals surface area (Å²) in [5, 5.41) is 13.9. The number of rotatable bonds is 3. The molecule has 128 valence electrons.